The molecule has 1 aromatic heterocycles. The maximum Gasteiger partial charge on any atom is 0.211 e. The Balaban J connectivity index is 2.00. The molecule has 0 aliphatic rings. The fourth-order valence-corrected chi connectivity index (χ4v) is 3.43. The van der Waals surface area contributed by atoms with Crippen LogP contribution in [0.25, 0.3) is 11.3 Å². The van der Waals surface area contributed by atoms with Gasteiger partial charge in [0.2, 0.25) is 4.80 Å². The van der Waals surface area contributed by atoms with Crippen LogP contribution in [-0.4, -0.2) is 10.3 Å². The molecular formula is C20H17ClFN3S. The molecular weight excluding hydrogens is 369 g/mol. The Morgan fingerprint density at radius 1 is 1.19 bits per heavy atom. The second-order valence-corrected chi connectivity index (χ2v) is 6.87. The number of nitrogens with zero attached hydrogens (tertiary/aromatic N) is 3. The highest BCUT2D eigenvalue weighted by Gasteiger charge is 2.07. The monoisotopic (exact) mass is 385 g/mol. The molecule has 26 heavy (non-hydrogen) atoms. The van der Waals surface area contributed by atoms with Gasteiger partial charge in [-0.15, -0.1) is 23.0 Å². The highest BCUT2D eigenvalue weighted by Crippen LogP contribution is 2.22. The molecule has 0 saturated heterocycles. The lowest BCUT2D eigenvalue weighted by molar-refractivity contribution is 0.628. The van der Waals surface area contributed by atoms with Gasteiger partial charge in [0.1, 0.15) is 5.82 Å². The molecule has 0 spiro atoms. The second kappa shape index (κ2) is 8.25. The molecule has 3 rings (SSSR count). The summed E-state index contributed by atoms with van der Waals surface area (Å²) in [5.74, 6) is -0.270. The Hall–Kier alpha value is -2.50. The van der Waals surface area contributed by atoms with E-state index >= 15 is 0 Å². The van der Waals surface area contributed by atoms with Crippen LogP contribution in [0.4, 0.5) is 4.39 Å². The topological polar surface area (TPSA) is 29.6 Å². The van der Waals surface area contributed by atoms with Crippen LogP contribution in [0.5, 0.6) is 0 Å². The summed E-state index contributed by atoms with van der Waals surface area (Å²) in [6, 6.07) is 13.9. The Morgan fingerprint density at radius 3 is 2.54 bits per heavy atom. The van der Waals surface area contributed by atoms with E-state index in [2.05, 4.69) is 16.8 Å². The summed E-state index contributed by atoms with van der Waals surface area (Å²) < 4.78 is 15.1. The molecule has 0 aliphatic heterocycles. The smallest absolute Gasteiger partial charge is 0.211 e. The highest BCUT2D eigenvalue weighted by atomic mass is 35.5. The molecule has 0 radical (unpaired) electrons. The van der Waals surface area contributed by atoms with E-state index < -0.39 is 0 Å². The van der Waals surface area contributed by atoms with Crippen molar-refractivity contribution in [3.05, 3.63) is 87.8 Å². The molecule has 0 amide bonds. The van der Waals surface area contributed by atoms with Crippen molar-refractivity contribution in [1.29, 1.82) is 0 Å². The number of thiazole rings is 1. The number of halogens is 2. The van der Waals surface area contributed by atoms with Gasteiger partial charge in [-0.1, -0.05) is 41.9 Å². The fourth-order valence-electron chi connectivity index (χ4n) is 2.43. The number of hydrogen-bond acceptors (Lipinski definition) is 3. The van der Waals surface area contributed by atoms with Crippen molar-refractivity contribution in [3.8, 4) is 11.3 Å². The van der Waals surface area contributed by atoms with E-state index in [-0.39, 0.29) is 5.82 Å². The van der Waals surface area contributed by atoms with E-state index in [1.807, 2.05) is 47.2 Å². The van der Waals surface area contributed by atoms with Crippen molar-refractivity contribution in [3.63, 3.8) is 0 Å². The Labute approximate surface area is 160 Å². The summed E-state index contributed by atoms with van der Waals surface area (Å²) in [5.41, 5.74) is 3.63. The van der Waals surface area contributed by atoms with Crippen LogP contribution in [0.2, 0.25) is 5.02 Å². The van der Waals surface area contributed by atoms with Crippen molar-refractivity contribution in [1.82, 2.24) is 4.57 Å². The summed E-state index contributed by atoms with van der Waals surface area (Å²) in [6.45, 7) is 6.29. The number of benzene rings is 2. The Morgan fingerprint density at radius 2 is 1.88 bits per heavy atom. The summed E-state index contributed by atoms with van der Waals surface area (Å²) in [4.78, 5) is 0.760. The quantitative estimate of drug-likeness (QED) is 0.314. The summed E-state index contributed by atoms with van der Waals surface area (Å²) >= 11 is 7.48. The minimum absolute atomic E-state index is 0.270. The summed E-state index contributed by atoms with van der Waals surface area (Å²) in [6.07, 6.45) is 1.82. The van der Waals surface area contributed by atoms with Crippen LogP contribution in [0.3, 0.4) is 0 Å². The van der Waals surface area contributed by atoms with Crippen LogP contribution >= 0.6 is 22.9 Å². The first kappa shape index (κ1) is 18.3. The molecule has 2 aromatic carbocycles. The molecule has 3 aromatic rings. The lowest BCUT2D eigenvalue weighted by Crippen LogP contribution is -2.15. The SMILES string of the molecule is C=CCn1c(-c2ccc(Cl)cc2)cs/c1=N\N=C(\C)c1ccc(F)cc1. The predicted octanol–water partition coefficient (Wildman–Crippen LogP) is 5.52. The molecule has 0 unspecified atom stereocenters. The van der Waals surface area contributed by atoms with Crippen molar-refractivity contribution in [2.75, 3.05) is 0 Å². The molecule has 0 N–H and O–H groups in total. The molecule has 0 atom stereocenters. The third kappa shape index (κ3) is 4.18. The number of rotatable bonds is 5. The van der Waals surface area contributed by atoms with Crippen LogP contribution in [0, 0.1) is 5.82 Å². The van der Waals surface area contributed by atoms with E-state index in [9.17, 15) is 4.39 Å². The lowest BCUT2D eigenvalue weighted by Gasteiger charge is -2.06. The third-order valence-corrected chi connectivity index (χ3v) is 4.90. The average Bonchev–Trinajstić information content (AvgIpc) is 3.04. The molecule has 3 nitrogen and oxygen atoms in total. The molecule has 0 fully saturated rings. The number of allylic oxidation sites excluding steroid dienone is 1. The van der Waals surface area contributed by atoms with Gasteiger partial charge in [0.25, 0.3) is 0 Å². The lowest BCUT2D eigenvalue weighted by atomic mass is 10.1. The molecule has 6 heteroatoms. The van der Waals surface area contributed by atoms with Crippen molar-refractivity contribution < 1.29 is 4.39 Å². The summed E-state index contributed by atoms with van der Waals surface area (Å²) in [5, 5.41) is 11.4. The summed E-state index contributed by atoms with van der Waals surface area (Å²) in [7, 11) is 0. The number of hydrogen-bond donors (Lipinski definition) is 0. The maximum atomic E-state index is 13.0. The van der Waals surface area contributed by atoms with Gasteiger partial charge in [0, 0.05) is 16.9 Å². The average molecular weight is 386 g/mol. The Bertz CT molecular complexity index is 999. The zero-order chi connectivity index (χ0) is 18.5. The van der Waals surface area contributed by atoms with Gasteiger partial charge >= 0.3 is 0 Å². The second-order valence-electron chi connectivity index (χ2n) is 5.60. The third-order valence-electron chi connectivity index (χ3n) is 3.80. The number of aromatic nitrogens is 1. The molecule has 0 aliphatic carbocycles. The van der Waals surface area contributed by atoms with Crippen molar-refractivity contribution in [2.24, 2.45) is 10.2 Å². The first-order valence-electron chi connectivity index (χ1n) is 7.98. The zero-order valence-electron chi connectivity index (χ0n) is 14.2. The molecule has 0 saturated carbocycles. The normalized spacial score (nSPS) is 12.4. The fraction of sp³-hybridized carbons (Fsp3) is 0.100. The van der Waals surface area contributed by atoms with E-state index in [1.54, 1.807) is 12.1 Å². The minimum atomic E-state index is -0.270. The highest BCUT2D eigenvalue weighted by molar-refractivity contribution is 7.07. The van der Waals surface area contributed by atoms with Gasteiger partial charge in [0.15, 0.2) is 0 Å². The first-order chi connectivity index (χ1) is 12.6. The molecule has 132 valence electrons. The van der Waals surface area contributed by atoms with E-state index in [0.29, 0.717) is 11.6 Å². The van der Waals surface area contributed by atoms with Gasteiger partial charge in [-0.3, -0.25) is 0 Å². The van der Waals surface area contributed by atoms with Crippen LogP contribution in [0.1, 0.15) is 12.5 Å². The van der Waals surface area contributed by atoms with Gasteiger partial charge < -0.3 is 4.57 Å². The minimum Gasteiger partial charge on any atom is -0.311 e. The Kier molecular flexibility index (Phi) is 5.81. The van der Waals surface area contributed by atoms with Crippen LogP contribution in [-0.2, 0) is 6.54 Å². The van der Waals surface area contributed by atoms with Gasteiger partial charge in [-0.05, 0) is 42.3 Å². The van der Waals surface area contributed by atoms with E-state index in [0.717, 1.165) is 27.3 Å². The van der Waals surface area contributed by atoms with E-state index in [4.69, 9.17) is 11.6 Å². The molecule has 1 heterocycles. The standard InChI is InChI=1S/C20H17ClFN3S/c1-3-12-25-19(16-4-8-17(21)9-5-16)13-26-20(25)24-23-14(2)15-6-10-18(22)11-7-15/h3-11,13H,1,12H2,2H3/b23-14-,24-20-. The molecule has 0 bridgehead atoms. The van der Waals surface area contributed by atoms with Crippen LogP contribution in [0.15, 0.2) is 76.8 Å². The largest absolute Gasteiger partial charge is 0.311 e. The van der Waals surface area contributed by atoms with Crippen LogP contribution < -0.4 is 4.80 Å². The van der Waals surface area contributed by atoms with Crippen molar-refractivity contribution in [2.45, 2.75) is 13.5 Å². The zero-order valence-corrected chi connectivity index (χ0v) is 15.8. The first-order valence-corrected chi connectivity index (χ1v) is 9.23. The van der Waals surface area contributed by atoms with Gasteiger partial charge in [0.05, 0.1) is 11.4 Å². The predicted molar refractivity (Wildman–Crippen MR) is 107 cm³/mol. The maximum absolute atomic E-state index is 13.0. The van der Waals surface area contributed by atoms with Gasteiger partial charge in [-0.25, -0.2) is 4.39 Å². The van der Waals surface area contributed by atoms with E-state index in [1.165, 1.54) is 23.5 Å². The van der Waals surface area contributed by atoms with Crippen molar-refractivity contribution >= 4 is 28.6 Å². The van der Waals surface area contributed by atoms with Gasteiger partial charge in [-0.2, -0.15) is 5.10 Å².